The zero-order valence-electron chi connectivity index (χ0n) is 11.3. The summed E-state index contributed by atoms with van der Waals surface area (Å²) in [6, 6.07) is 6.75. The van der Waals surface area contributed by atoms with E-state index < -0.39 is 5.91 Å². The summed E-state index contributed by atoms with van der Waals surface area (Å²) in [6.07, 6.45) is 3.44. The van der Waals surface area contributed by atoms with E-state index in [0.717, 1.165) is 19.4 Å². The van der Waals surface area contributed by atoms with Crippen molar-refractivity contribution >= 4 is 23.6 Å². The van der Waals surface area contributed by atoms with Crippen molar-refractivity contribution in [3.63, 3.8) is 0 Å². The Kier molecular flexibility index (Phi) is 5.20. The second kappa shape index (κ2) is 7.11. The fourth-order valence-corrected chi connectivity index (χ4v) is 2.22. The summed E-state index contributed by atoms with van der Waals surface area (Å²) in [5.41, 5.74) is 5.52. The maximum atomic E-state index is 11.1. The maximum Gasteiger partial charge on any atom is 0.259 e. The lowest BCUT2D eigenvalue weighted by Gasteiger charge is -2.13. The molecule has 1 aromatic rings. The molecule has 6 heteroatoms. The first-order chi connectivity index (χ1) is 10.1. The van der Waals surface area contributed by atoms with Crippen LogP contribution in [0.1, 0.15) is 18.4 Å². The second-order valence-corrected chi connectivity index (χ2v) is 5.10. The predicted molar refractivity (Wildman–Crippen MR) is 78.7 cm³/mol. The van der Waals surface area contributed by atoms with Gasteiger partial charge in [-0.2, -0.15) is 5.26 Å². The highest BCUT2D eigenvalue weighted by Gasteiger charge is 2.17. The number of amides is 1. The number of benzene rings is 1. The Labute approximate surface area is 127 Å². The van der Waals surface area contributed by atoms with Crippen molar-refractivity contribution in [2.24, 2.45) is 5.73 Å². The van der Waals surface area contributed by atoms with Crippen LogP contribution in [0.15, 0.2) is 23.8 Å². The summed E-state index contributed by atoms with van der Waals surface area (Å²) in [6.45, 7) is 1.17. The van der Waals surface area contributed by atoms with Crippen LogP contribution >= 0.6 is 11.6 Å². The first-order valence-corrected chi connectivity index (χ1v) is 6.93. The van der Waals surface area contributed by atoms with E-state index in [1.807, 2.05) is 0 Å². The van der Waals surface area contributed by atoms with Crippen molar-refractivity contribution in [3.8, 4) is 11.8 Å². The molecule has 0 saturated carbocycles. The molecular weight excluding hydrogens is 292 g/mol. The highest BCUT2D eigenvalue weighted by Crippen LogP contribution is 2.26. The molecule has 0 spiro atoms. The summed E-state index contributed by atoms with van der Waals surface area (Å²) in [4.78, 5) is 11.1. The zero-order chi connectivity index (χ0) is 15.2. The van der Waals surface area contributed by atoms with Crippen LogP contribution in [0.2, 0.25) is 5.02 Å². The summed E-state index contributed by atoms with van der Waals surface area (Å²) in [7, 11) is 0. The molecule has 1 amide bonds. The molecule has 2 rings (SSSR count). The van der Waals surface area contributed by atoms with Crippen molar-refractivity contribution in [2.45, 2.75) is 18.9 Å². The number of rotatable bonds is 5. The molecule has 1 atom stereocenters. The Morgan fingerprint density at radius 3 is 3.05 bits per heavy atom. The van der Waals surface area contributed by atoms with Crippen LogP contribution in [-0.2, 0) is 9.53 Å². The third-order valence-electron chi connectivity index (χ3n) is 3.11. The minimum Gasteiger partial charge on any atom is -0.490 e. The van der Waals surface area contributed by atoms with Gasteiger partial charge in [0, 0.05) is 17.2 Å². The van der Waals surface area contributed by atoms with E-state index in [9.17, 15) is 4.79 Å². The quantitative estimate of drug-likeness (QED) is 0.668. The fraction of sp³-hybridized carbons (Fsp3) is 0.333. The largest absolute Gasteiger partial charge is 0.490 e. The number of halogens is 1. The Bertz CT molecular complexity index is 601. The lowest BCUT2D eigenvalue weighted by molar-refractivity contribution is -0.114. The molecule has 0 bridgehead atoms. The number of hydrogen-bond acceptors (Lipinski definition) is 4. The highest BCUT2D eigenvalue weighted by molar-refractivity contribution is 6.30. The van der Waals surface area contributed by atoms with Crippen molar-refractivity contribution in [2.75, 3.05) is 13.2 Å². The van der Waals surface area contributed by atoms with Gasteiger partial charge in [0.1, 0.15) is 24.0 Å². The van der Waals surface area contributed by atoms with Gasteiger partial charge in [-0.25, -0.2) is 0 Å². The highest BCUT2D eigenvalue weighted by atomic mass is 35.5. The van der Waals surface area contributed by atoms with Crippen LogP contribution in [-0.4, -0.2) is 25.2 Å². The summed E-state index contributed by atoms with van der Waals surface area (Å²) < 4.78 is 11.2. The van der Waals surface area contributed by atoms with Gasteiger partial charge in [0.05, 0.1) is 6.10 Å². The van der Waals surface area contributed by atoms with E-state index >= 15 is 0 Å². The Morgan fingerprint density at radius 1 is 1.62 bits per heavy atom. The molecule has 1 aliphatic rings. The van der Waals surface area contributed by atoms with Gasteiger partial charge in [-0.15, -0.1) is 0 Å². The van der Waals surface area contributed by atoms with E-state index in [1.54, 1.807) is 24.3 Å². The van der Waals surface area contributed by atoms with E-state index in [1.165, 1.54) is 6.08 Å². The van der Waals surface area contributed by atoms with Gasteiger partial charge in [-0.3, -0.25) is 4.79 Å². The lowest BCUT2D eigenvalue weighted by Crippen LogP contribution is -2.16. The van der Waals surface area contributed by atoms with Crippen LogP contribution < -0.4 is 10.5 Å². The lowest BCUT2D eigenvalue weighted by atomic mass is 10.1. The molecule has 0 radical (unpaired) electrons. The summed E-state index contributed by atoms with van der Waals surface area (Å²) in [5.74, 6) is -0.258. The Balaban J connectivity index is 2.20. The van der Waals surface area contributed by atoms with E-state index in [2.05, 4.69) is 0 Å². The number of primary amides is 1. The van der Waals surface area contributed by atoms with E-state index in [0.29, 0.717) is 22.9 Å². The van der Waals surface area contributed by atoms with Gasteiger partial charge < -0.3 is 15.2 Å². The van der Waals surface area contributed by atoms with E-state index in [-0.39, 0.29) is 11.7 Å². The standard InChI is InChI=1S/C15H15ClN2O3/c16-12-3-4-14(21-9-13-2-1-5-20-13)10(7-12)6-11(8-17)15(18)19/h3-4,6-7,13H,1-2,5,9H2,(H2,18,19)/b11-6+/t13-/m1/s1. The molecule has 0 aromatic heterocycles. The number of nitrogens with two attached hydrogens (primary N) is 1. The Hall–Kier alpha value is -2.03. The maximum absolute atomic E-state index is 11.1. The predicted octanol–water partition coefficient (Wildman–Crippen LogP) is 2.29. The summed E-state index contributed by atoms with van der Waals surface area (Å²) >= 11 is 5.94. The number of nitriles is 1. The van der Waals surface area contributed by atoms with Gasteiger partial charge in [-0.05, 0) is 37.1 Å². The number of carbonyl (C=O) groups excluding carboxylic acids is 1. The monoisotopic (exact) mass is 306 g/mol. The third kappa shape index (κ3) is 4.22. The zero-order valence-corrected chi connectivity index (χ0v) is 12.1. The molecule has 5 nitrogen and oxygen atoms in total. The van der Waals surface area contributed by atoms with E-state index in [4.69, 9.17) is 32.1 Å². The van der Waals surface area contributed by atoms with Gasteiger partial charge >= 0.3 is 0 Å². The molecule has 110 valence electrons. The van der Waals surface area contributed by atoms with Gasteiger partial charge in [0.15, 0.2) is 0 Å². The average molecular weight is 307 g/mol. The van der Waals surface area contributed by atoms with Gasteiger partial charge in [-0.1, -0.05) is 11.6 Å². The Morgan fingerprint density at radius 2 is 2.43 bits per heavy atom. The smallest absolute Gasteiger partial charge is 0.259 e. The van der Waals surface area contributed by atoms with Crippen LogP contribution in [0.25, 0.3) is 6.08 Å². The molecule has 0 aliphatic carbocycles. The molecular formula is C15H15ClN2O3. The second-order valence-electron chi connectivity index (χ2n) is 4.66. The number of nitrogens with zero attached hydrogens (tertiary/aromatic N) is 1. The van der Waals surface area contributed by atoms with Crippen LogP contribution in [0.3, 0.4) is 0 Å². The normalized spacial score (nSPS) is 18.3. The van der Waals surface area contributed by atoms with Gasteiger partial charge in [0.2, 0.25) is 0 Å². The first kappa shape index (κ1) is 15.4. The fourth-order valence-electron chi connectivity index (χ4n) is 2.04. The molecule has 21 heavy (non-hydrogen) atoms. The molecule has 1 saturated heterocycles. The molecule has 1 aromatic carbocycles. The average Bonchev–Trinajstić information content (AvgIpc) is 2.96. The van der Waals surface area contributed by atoms with Crippen molar-refractivity contribution in [1.82, 2.24) is 0 Å². The first-order valence-electron chi connectivity index (χ1n) is 6.55. The minimum atomic E-state index is -0.789. The third-order valence-corrected chi connectivity index (χ3v) is 3.34. The topological polar surface area (TPSA) is 85.3 Å². The molecule has 1 fully saturated rings. The minimum absolute atomic E-state index is 0.0732. The van der Waals surface area contributed by atoms with Crippen LogP contribution in [0, 0.1) is 11.3 Å². The van der Waals surface area contributed by atoms with Crippen molar-refractivity contribution < 1.29 is 14.3 Å². The van der Waals surface area contributed by atoms with Crippen molar-refractivity contribution in [3.05, 3.63) is 34.4 Å². The SMILES string of the molecule is N#C/C(=C\c1cc(Cl)ccc1OC[C@H]1CCCO1)C(N)=O. The molecule has 0 unspecified atom stereocenters. The molecule has 1 heterocycles. The van der Waals surface area contributed by atoms with Crippen LogP contribution in [0.5, 0.6) is 5.75 Å². The van der Waals surface area contributed by atoms with Crippen LogP contribution in [0.4, 0.5) is 0 Å². The molecule has 2 N–H and O–H groups in total. The number of hydrogen-bond donors (Lipinski definition) is 1. The number of carbonyl (C=O) groups is 1. The summed E-state index contributed by atoms with van der Waals surface area (Å²) in [5, 5.41) is 9.39. The van der Waals surface area contributed by atoms with Gasteiger partial charge in [0.25, 0.3) is 5.91 Å². The molecule has 1 aliphatic heterocycles. The van der Waals surface area contributed by atoms with Crippen molar-refractivity contribution in [1.29, 1.82) is 5.26 Å². The number of ether oxygens (including phenoxy) is 2.